The molecule has 0 spiro atoms. The Balaban J connectivity index is 1.42. The summed E-state index contributed by atoms with van der Waals surface area (Å²) >= 11 is 0. The van der Waals surface area contributed by atoms with Gasteiger partial charge in [-0.05, 0) is 48.9 Å². The number of carboxylic acid groups (broad SMARTS) is 1. The van der Waals surface area contributed by atoms with Crippen LogP contribution < -0.4 is 10.6 Å². The minimum absolute atomic E-state index is 0.0138. The van der Waals surface area contributed by atoms with Gasteiger partial charge in [-0.3, -0.25) is 9.59 Å². The largest absolute Gasteiger partial charge is 0.481 e. The van der Waals surface area contributed by atoms with Crippen LogP contribution in [-0.4, -0.2) is 41.8 Å². The van der Waals surface area contributed by atoms with Gasteiger partial charge in [-0.1, -0.05) is 48.5 Å². The van der Waals surface area contributed by atoms with E-state index in [0.717, 1.165) is 11.1 Å². The zero-order valence-electron chi connectivity index (χ0n) is 18.5. The first-order chi connectivity index (χ1) is 15.3. The van der Waals surface area contributed by atoms with E-state index in [4.69, 9.17) is 9.84 Å². The Labute approximate surface area is 188 Å². The molecule has 2 aromatic carbocycles. The summed E-state index contributed by atoms with van der Waals surface area (Å²) in [5, 5.41) is 14.2. The number of carbonyl (C=O) groups is 3. The van der Waals surface area contributed by atoms with Crippen LogP contribution in [0.5, 0.6) is 0 Å². The van der Waals surface area contributed by atoms with Crippen molar-refractivity contribution in [3.63, 3.8) is 0 Å². The van der Waals surface area contributed by atoms with Gasteiger partial charge in [0, 0.05) is 24.4 Å². The number of nitrogens with one attached hydrogen (secondary N) is 2. The summed E-state index contributed by atoms with van der Waals surface area (Å²) in [7, 11) is 0. The van der Waals surface area contributed by atoms with Crippen LogP contribution >= 0.6 is 0 Å². The highest BCUT2D eigenvalue weighted by atomic mass is 16.5. The molecule has 0 bridgehead atoms. The molecule has 32 heavy (non-hydrogen) atoms. The normalized spacial score (nSPS) is 14.1. The summed E-state index contributed by atoms with van der Waals surface area (Å²) in [6, 6.07) is 15.8. The quantitative estimate of drug-likeness (QED) is 0.519. The first kappa shape index (κ1) is 23.3. The monoisotopic (exact) mass is 438 g/mol. The second-order valence-corrected chi connectivity index (χ2v) is 8.33. The Hall–Kier alpha value is -3.35. The summed E-state index contributed by atoms with van der Waals surface area (Å²) in [4.78, 5) is 34.8. The molecule has 170 valence electrons. The van der Waals surface area contributed by atoms with E-state index in [1.54, 1.807) is 6.92 Å². The molecule has 0 aliphatic heterocycles. The zero-order chi connectivity index (χ0) is 23.1. The van der Waals surface area contributed by atoms with Gasteiger partial charge in [-0.2, -0.15) is 0 Å². The van der Waals surface area contributed by atoms with Crippen molar-refractivity contribution < 1.29 is 24.2 Å². The SMILES string of the molecule is CC(CCCC(=O)N[C@H](C)CC(=O)O)NC(=O)OCC1c2ccccc2-c2ccccc21. The van der Waals surface area contributed by atoms with E-state index in [9.17, 15) is 14.4 Å². The van der Waals surface area contributed by atoms with Gasteiger partial charge in [0.1, 0.15) is 6.61 Å². The van der Waals surface area contributed by atoms with Crippen LogP contribution in [0.15, 0.2) is 48.5 Å². The maximum atomic E-state index is 12.3. The first-order valence-corrected chi connectivity index (χ1v) is 11.0. The van der Waals surface area contributed by atoms with Crippen molar-refractivity contribution in [3.05, 3.63) is 59.7 Å². The lowest BCUT2D eigenvalue weighted by Gasteiger charge is -2.17. The number of hydrogen-bond donors (Lipinski definition) is 3. The lowest BCUT2D eigenvalue weighted by molar-refractivity contribution is -0.137. The van der Waals surface area contributed by atoms with Crippen molar-refractivity contribution in [1.29, 1.82) is 0 Å². The Kier molecular flexibility index (Phi) is 7.87. The summed E-state index contributed by atoms with van der Waals surface area (Å²) in [5.74, 6) is -1.12. The highest BCUT2D eigenvalue weighted by molar-refractivity contribution is 5.79. The number of rotatable bonds is 10. The van der Waals surface area contributed by atoms with Crippen LogP contribution in [0.2, 0.25) is 0 Å². The average Bonchev–Trinajstić information content (AvgIpc) is 3.05. The van der Waals surface area contributed by atoms with Crippen molar-refractivity contribution in [2.75, 3.05) is 6.61 Å². The fraction of sp³-hybridized carbons (Fsp3) is 0.400. The summed E-state index contributed by atoms with van der Waals surface area (Å²) < 4.78 is 5.54. The molecule has 0 fully saturated rings. The molecule has 7 nitrogen and oxygen atoms in total. The number of fused-ring (bicyclic) bond motifs is 3. The van der Waals surface area contributed by atoms with Crippen LogP contribution in [0.25, 0.3) is 11.1 Å². The minimum atomic E-state index is -0.946. The van der Waals surface area contributed by atoms with Gasteiger partial charge >= 0.3 is 12.1 Å². The Morgan fingerprint density at radius 1 is 0.938 bits per heavy atom. The first-order valence-electron chi connectivity index (χ1n) is 11.0. The van der Waals surface area contributed by atoms with E-state index in [1.807, 2.05) is 31.2 Å². The molecule has 0 saturated carbocycles. The molecule has 1 aliphatic carbocycles. The number of alkyl carbamates (subject to hydrolysis) is 1. The number of benzene rings is 2. The highest BCUT2D eigenvalue weighted by Crippen LogP contribution is 2.44. The third-order valence-corrected chi connectivity index (χ3v) is 5.64. The van der Waals surface area contributed by atoms with Crippen LogP contribution in [-0.2, 0) is 14.3 Å². The second-order valence-electron chi connectivity index (χ2n) is 8.33. The van der Waals surface area contributed by atoms with Crippen molar-refractivity contribution >= 4 is 18.0 Å². The number of amides is 2. The van der Waals surface area contributed by atoms with E-state index >= 15 is 0 Å². The molecule has 0 saturated heterocycles. The molecule has 7 heteroatoms. The molecular weight excluding hydrogens is 408 g/mol. The van der Waals surface area contributed by atoms with Crippen LogP contribution in [0.4, 0.5) is 4.79 Å². The zero-order valence-corrected chi connectivity index (χ0v) is 18.5. The van der Waals surface area contributed by atoms with Gasteiger partial charge in [0.15, 0.2) is 0 Å². The van der Waals surface area contributed by atoms with Crippen LogP contribution in [0.1, 0.15) is 56.6 Å². The van der Waals surface area contributed by atoms with Gasteiger partial charge in [0.2, 0.25) is 5.91 Å². The lowest BCUT2D eigenvalue weighted by Crippen LogP contribution is -2.35. The van der Waals surface area contributed by atoms with Crippen molar-refractivity contribution in [1.82, 2.24) is 10.6 Å². The summed E-state index contributed by atoms with van der Waals surface area (Å²) in [6.45, 7) is 3.79. The number of carbonyl (C=O) groups excluding carboxylic acids is 2. The molecule has 2 atom stereocenters. The number of hydrogen-bond acceptors (Lipinski definition) is 4. The Bertz CT molecular complexity index is 929. The van der Waals surface area contributed by atoms with E-state index in [-0.39, 0.29) is 37.3 Å². The van der Waals surface area contributed by atoms with Gasteiger partial charge in [-0.15, -0.1) is 0 Å². The fourth-order valence-corrected chi connectivity index (χ4v) is 4.14. The Morgan fingerprint density at radius 3 is 2.12 bits per heavy atom. The number of aliphatic carboxylic acids is 1. The molecule has 0 radical (unpaired) electrons. The summed E-state index contributed by atoms with van der Waals surface area (Å²) in [6.07, 6.45) is 0.895. The standard InChI is InChI=1S/C25H30N2O5/c1-16(8-7-13-23(28)26-17(2)14-24(29)30)27-25(31)32-15-22-20-11-5-3-9-18(20)19-10-4-6-12-21(19)22/h3-6,9-12,16-17,22H,7-8,13-15H2,1-2H3,(H,26,28)(H,27,31)(H,29,30)/t16?,17-/m1/s1. The van der Waals surface area contributed by atoms with E-state index in [0.29, 0.717) is 12.8 Å². The third-order valence-electron chi connectivity index (χ3n) is 5.64. The van der Waals surface area contributed by atoms with Crippen LogP contribution in [0, 0.1) is 0 Å². The predicted molar refractivity (Wildman–Crippen MR) is 121 cm³/mol. The van der Waals surface area contributed by atoms with E-state index < -0.39 is 18.1 Å². The molecule has 3 rings (SSSR count). The molecule has 1 aliphatic rings. The topological polar surface area (TPSA) is 105 Å². The molecule has 0 heterocycles. The maximum Gasteiger partial charge on any atom is 0.407 e. The number of ether oxygens (including phenoxy) is 1. The Morgan fingerprint density at radius 2 is 1.53 bits per heavy atom. The summed E-state index contributed by atoms with van der Waals surface area (Å²) in [5.41, 5.74) is 4.69. The molecule has 2 aromatic rings. The van der Waals surface area contributed by atoms with Gasteiger partial charge in [-0.25, -0.2) is 4.79 Å². The molecule has 3 N–H and O–H groups in total. The molecular formula is C25H30N2O5. The van der Waals surface area contributed by atoms with Gasteiger partial charge in [0.05, 0.1) is 6.42 Å². The van der Waals surface area contributed by atoms with Crippen molar-refractivity contribution in [2.24, 2.45) is 0 Å². The van der Waals surface area contributed by atoms with Crippen molar-refractivity contribution in [3.8, 4) is 11.1 Å². The van der Waals surface area contributed by atoms with E-state index in [2.05, 4.69) is 34.9 Å². The van der Waals surface area contributed by atoms with Crippen LogP contribution in [0.3, 0.4) is 0 Å². The smallest absolute Gasteiger partial charge is 0.407 e. The van der Waals surface area contributed by atoms with E-state index in [1.165, 1.54) is 11.1 Å². The lowest BCUT2D eigenvalue weighted by atomic mass is 9.98. The number of carboxylic acids is 1. The predicted octanol–water partition coefficient (Wildman–Crippen LogP) is 4.06. The van der Waals surface area contributed by atoms with Gasteiger partial charge in [0.25, 0.3) is 0 Å². The minimum Gasteiger partial charge on any atom is -0.481 e. The van der Waals surface area contributed by atoms with Gasteiger partial charge < -0.3 is 20.5 Å². The molecule has 2 amide bonds. The third kappa shape index (κ3) is 6.09. The molecule has 1 unspecified atom stereocenters. The van der Waals surface area contributed by atoms with Crippen molar-refractivity contribution in [2.45, 2.75) is 57.5 Å². The average molecular weight is 439 g/mol. The fourth-order valence-electron chi connectivity index (χ4n) is 4.14. The second kappa shape index (κ2) is 10.8. The maximum absolute atomic E-state index is 12.3. The highest BCUT2D eigenvalue weighted by Gasteiger charge is 2.29. The molecule has 0 aromatic heterocycles.